The second kappa shape index (κ2) is 4.13. The highest BCUT2D eigenvalue weighted by Gasteiger charge is 2.35. The number of benzene rings is 1. The van der Waals surface area contributed by atoms with E-state index in [1.807, 2.05) is 13.8 Å². The first-order valence-electron chi connectivity index (χ1n) is 5.43. The maximum absolute atomic E-state index is 13.7. The highest BCUT2D eigenvalue weighted by atomic mass is 19.3. The minimum Gasteiger partial charge on any atom is -0.322 e. The molecule has 0 aromatic heterocycles. The molecule has 2 N–H and O–H groups in total. The molecule has 0 amide bonds. The topological polar surface area (TPSA) is 26.0 Å². The van der Waals surface area contributed by atoms with Crippen LogP contribution in [0.25, 0.3) is 0 Å². The van der Waals surface area contributed by atoms with E-state index in [9.17, 15) is 8.78 Å². The third kappa shape index (κ3) is 2.59. The molecule has 0 aliphatic rings. The maximum Gasteiger partial charge on any atom is 0.275 e. The van der Waals surface area contributed by atoms with Gasteiger partial charge in [-0.05, 0) is 19.4 Å². The lowest BCUT2D eigenvalue weighted by Gasteiger charge is -2.23. The largest absolute Gasteiger partial charge is 0.322 e. The highest BCUT2D eigenvalue weighted by molar-refractivity contribution is 5.29. The van der Waals surface area contributed by atoms with Gasteiger partial charge in [-0.25, -0.2) is 8.78 Å². The van der Waals surface area contributed by atoms with E-state index >= 15 is 0 Å². The summed E-state index contributed by atoms with van der Waals surface area (Å²) in [7, 11) is 0. The Hall–Kier alpha value is -0.960. The molecule has 0 heterocycles. The SMILES string of the molecule is CC(C)C(F)(F)c1ccc(C(C)(C)N)cc1. The number of alkyl halides is 2. The number of nitrogens with two attached hydrogens (primary N) is 1. The van der Waals surface area contributed by atoms with Crippen LogP contribution in [0.1, 0.15) is 38.8 Å². The molecule has 90 valence electrons. The van der Waals surface area contributed by atoms with Crippen LogP contribution in [0.3, 0.4) is 0 Å². The van der Waals surface area contributed by atoms with Gasteiger partial charge in [-0.2, -0.15) is 0 Å². The van der Waals surface area contributed by atoms with Crippen molar-refractivity contribution >= 4 is 0 Å². The molecule has 0 unspecified atom stereocenters. The van der Waals surface area contributed by atoms with Crippen LogP contribution in [0.2, 0.25) is 0 Å². The first-order valence-corrected chi connectivity index (χ1v) is 5.43. The van der Waals surface area contributed by atoms with Crippen molar-refractivity contribution in [2.24, 2.45) is 11.7 Å². The van der Waals surface area contributed by atoms with Crippen LogP contribution in [-0.4, -0.2) is 0 Å². The minimum absolute atomic E-state index is 0.0514. The zero-order valence-electron chi connectivity index (χ0n) is 10.2. The van der Waals surface area contributed by atoms with E-state index in [-0.39, 0.29) is 5.56 Å². The van der Waals surface area contributed by atoms with Crippen molar-refractivity contribution in [2.75, 3.05) is 0 Å². The average molecular weight is 227 g/mol. The van der Waals surface area contributed by atoms with Gasteiger partial charge in [-0.15, -0.1) is 0 Å². The molecule has 0 aliphatic heterocycles. The van der Waals surface area contributed by atoms with Gasteiger partial charge in [0.05, 0.1) is 0 Å². The van der Waals surface area contributed by atoms with Crippen LogP contribution in [0.15, 0.2) is 24.3 Å². The fourth-order valence-corrected chi connectivity index (χ4v) is 1.46. The number of hydrogen-bond acceptors (Lipinski definition) is 1. The van der Waals surface area contributed by atoms with Crippen molar-refractivity contribution in [1.82, 2.24) is 0 Å². The molecule has 1 aromatic rings. The minimum atomic E-state index is -2.78. The van der Waals surface area contributed by atoms with Crippen molar-refractivity contribution in [1.29, 1.82) is 0 Å². The summed E-state index contributed by atoms with van der Waals surface area (Å²) in [6, 6.07) is 6.27. The molecular weight excluding hydrogens is 208 g/mol. The van der Waals surface area contributed by atoms with Crippen molar-refractivity contribution < 1.29 is 8.78 Å². The summed E-state index contributed by atoms with van der Waals surface area (Å²) in [6.07, 6.45) is 0. The molecule has 0 radical (unpaired) electrons. The summed E-state index contributed by atoms with van der Waals surface area (Å²) in [5.74, 6) is -3.48. The van der Waals surface area contributed by atoms with Crippen LogP contribution in [0, 0.1) is 5.92 Å². The van der Waals surface area contributed by atoms with E-state index in [1.54, 1.807) is 12.1 Å². The Balaban J connectivity index is 3.05. The van der Waals surface area contributed by atoms with E-state index in [0.717, 1.165) is 5.56 Å². The second-order valence-corrected chi connectivity index (χ2v) is 5.08. The standard InChI is InChI=1S/C13H19F2N/c1-9(2)13(14,15)11-7-5-10(6-8-11)12(3,4)16/h5-9H,16H2,1-4H3. The van der Waals surface area contributed by atoms with Crippen LogP contribution in [0.5, 0.6) is 0 Å². The predicted molar refractivity (Wildman–Crippen MR) is 62.4 cm³/mol. The average Bonchev–Trinajstić information content (AvgIpc) is 2.16. The Bertz CT molecular complexity index is 347. The zero-order valence-corrected chi connectivity index (χ0v) is 10.2. The van der Waals surface area contributed by atoms with Crippen LogP contribution in [0.4, 0.5) is 8.78 Å². The van der Waals surface area contributed by atoms with E-state index in [4.69, 9.17) is 5.73 Å². The van der Waals surface area contributed by atoms with Gasteiger partial charge in [-0.1, -0.05) is 38.1 Å². The van der Waals surface area contributed by atoms with Gasteiger partial charge in [0.15, 0.2) is 0 Å². The Morgan fingerprint density at radius 2 is 1.38 bits per heavy atom. The lowest BCUT2D eigenvalue weighted by atomic mass is 9.91. The molecule has 1 rings (SSSR count). The summed E-state index contributed by atoms with van der Waals surface area (Å²) in [4.78, 5) is 0. The van der Waals surface area contributed by atoms with E-state index < -0.39 is 17.4 Å². The van der Waals surface area contributed by atoms with Crippen LogP contribution >= 0.6 is 0 Å². The fourth-order valence-electron chi connectivity index (χ4n) is 1.46. The van der Waals surface area contributed by atoms with Crippen molar-refractivity contribution in [2.45, 2.75) is 39.2 Å². The first-order chi connectivity index (χ1) is 7.15. The Labute approximate surface area is 95.7 Å². The number of halogens is 2. The molecule has 0 atom stereocenters. The molecule has 0 spiro atoms. The molecule has 1 aromatic carbocycles. The lowest BCUT2D eigenvalue weighted by Crippen LogP contribution is -2.29. The Morgan fingerprint density at radius 3 is 1.69 bits per heavy atom. The third-order valence-corrected chi connectivity index (χ3v) is 2.74. The summed E-state index contributed by atoms with van der Waals surface area (Å²) in [6.45, 7) is 6.73. The molecule has 0 fully saturated rings. The van der Waals surface area contributed by atoms with Crippen molar-refractivity contribution in [3.8, 4) is 0 Å². The van der Waals surface area contributed by atoms with Gasteiger partial charge in [0.1, 0.15) is 0 Å². The van der Waals surface area contributed by atoms with Crippen molar-refractivity contribution in [3.63, 3.8) is 0 Å². The molecule has 16 heavy (non-hydrogen) atoms. The van der Waals surface area contributed by atoms with Gasteiger partial charge in [0.2, 0.25) is 0 Å². The molecule has 0 bridgehead atoms. The molecular formula is C13H19F2N. The van der Waals surface area contributed by atoms with Gasteiger partial charge >= 0.3 is 0 Å². The monoisotopic (exact) mass is 227 g/mol. The third-order valence-electron chi connectivity index (χ3n) is 2.74. The summed E-state index contributed by atoms with van der Waals surface area (Å²) >= 11 is 0. The van der Waals surface area contributed by atoms with Gasteiger partial charge < -0.3 is 5.73 Å². The normalized spacial score (nSPS) is 13.2. The number of rotatable bonds is 3. The quantitative estimate of drug-likeness (QED) is 0.838. The fraction of sp³-hybridized carbons (Fsp3) is 0.538. The van der Waals surface area contributed by atoms with Crippen molar-refractivity contribution in [3.05, 3.63) is 35.4 Å². The first kappa shape index (κ1) is 13.1. The van der Waals surface area contributed by atoms with Gasteiger partial charge in [0.25, 0.3) is 5.92 Å². The van der Waals surface area contributed by atoms with Crippen LogP contribution < -0.4 is 5.73 Å². The smallest absolute Gasteiger partial charge is 0.275 e. The summed E-state index contributed by atoms with van der Waals surface area (Å²) < 4.78 is 27.4. The van der Waals surface area contributed by atoms with Gasteiger partial charge in [-0.3, -0.25) is 0 Å². The zero-order chi connectivity index (χ0) is 12.6. The molecule has 1 nitrogen and oxygen atoms in total. The van der Waals surface area contributed by atoms with Crippen LogP contribution in [-0.2, 0) is 11.5 Å². The second-order valence-electron chi connectivity index (χ2n) is 5.08. The predicted octanol–water partition coefficient (Wildman–Crippen LogP) is 3.63. The van der Waals surface area contributed by atoms with Gasteiger partial charge in [0, 0.05) is 17.0 Å². The summed E-state index contributed by atoms with van der Waals surface area (Å²) in [5, 5.41) is 0. The molecule has 3 heteroatoms. The Kier molecular flexibility index (Phi) is 3.38. The summed E-state index contributed by atoms with van der Waals surface area (Å²) in [5.41, 5.74) is 6.30. The molecule has 0 aliphatic carbocycles. The van der Waals surface area contributed by atoms with E-state index in [2.05, 4.69) is 0 Å². The lowest BCUT2D eigenvalue weighted by molar-refractivity contribution is -0.0514. The van der Waals surface area contributed by atoms with E-state index in [1.165, 1.54) is 26.0 Å². The van der Waals surface area contributed by atoms with E-state index in [0.29, 0.717) is 0 Å². The Morgan fingerprint density at radius 1 is 1.00 bits per heavy atom. The highest BCUT2D eigenvalue weighted by Crippen LogP contribution is 2.36. The number of hydrogen-bond donors (Lipinski definition) is 1. The molecule has 0 saturated carbocycles. The maximum atomic E-state index is 13.7. The molecule has 0 saturated heterocycles.